The van der Waals surface area contributed by atoms with Gasteiger partial charge in [0.25, 0.3) is 5.91 Å². The minimum absolute atomic E-state index is 0.0862. The van der Waals surface area contributed by atoms with E-state index in [9.17, 15) is 4.79 Å². The van der Waals surface area contributed by atoms with Crippen molar-refractivity contribution in [1.82, 2.24) is 10.3 Å². The van der Waals surface area contributed by atoms with Crippen LogP contribution in [0, 0.1) is 0 Å². The number of pyridine rings is 1. The number of benzene rings is 2. The van der Waals surface area contributed by atoms with E-state index in [-0.39, 0.29) is 11.9 Å². The molecule has 0 aliphatic carbocycles. The van der Waals surface area contributed by atoms with Crippen LogP contribution in [0.4, 0.5) is 5.69 Å². The molecule has 1 aromatic heterocycles. The number of carbonyl (C=O) groups excluding carboxylic acids is 1. The summed E-state index contributed by atoms with van der Waals surface area (Å²) in [6.07, 6.45) is 3.43. The van der Waals surface area contributed by atoms with Crippen molar-refractivity contribution < 1.29 is 9.53 Å². The van der Waals surface area contributed by atoms with Crippen molar-refractivity contribution >= 4 is 11.6 Å². The smallest absolute Gasteiger partial charge is 0.253 e. The number of nitrogens with zero attached hydrogens (tertiary/aromatic N) is 2. The number of hydrogen-bond donors (Lipinski definition) is 1. The fourth-order valence-corrected chi connectivity index (χ4v) is 3.37. The van der Waals surface area contributed by atoms with Crippen LogP contribution in [-0.2, 0) is 0 Å². The molecule has 5 nitrogen and oxygen atoms in total. The lowest BCUT2D eigenvalue weighted by Gasteiger charge is -2.34. The van der Waals surface area contributed by atoms with Gasteiger partial charge < -0.3 is 15.0 Å². The number of carbonyl (C=O) groups is 1. The number of rotatable bonds is 5. The maximum atomic E-state index is 12.5. The van der Waals surface area contributed by atoms with Gasteiger partial charge >= 0.3 is 0 Å². The number of piperidine rings is 1. The molecule has 1 aliphatic heterocycles. The largest absolute Gasteiger partial charge is 0.439 e. The number of para-hydroxylation sites is 2. The predicted molar refractivity (Wildman–Crippen MR) is 110 cm³/mol. The molecule has 2 aromatic carbocycles. The van der Waals surface area contributed by atoms with E-state index in [1.165, 1.54) is 5.69 Å². The second-order valence-corrected chi connectivity index (χ2v) is 6.87. The molecule has 1 saturated heterocycles. The van der Waals surface area contributed by atoms with Crippen LogP contribution < -0.4 is 15.0 Å². The van der Waals surface area contributed by atoms with Crippen LogP contribution in [0.5, 0.6) is 11.6 Å². The van der Waals surface area contributed by atoms with Gasteiger partial charge in [-0.25, -0.2) is 4.98 Å². The lowest BCUT2D eigenvalue weighted by Crippen LogP contribution is -2.44. The maximum absolute atomic E-state index is 12.5. The summed E-state index contributed by atoms with van der Waals surface area (Å²) in [6, 6.07) is 23.5. The number of hydrogen-bond acceptors (Lipinski definition) is 4. The molecule has 1 amide bonds. The summed E-state index contributed by atoms with van der Waals surface area (Å²) in [5.74, 6) is 1.10. The van der Waals surface area contributed by atoms with Gasteiger partial charge in [0, 0.05) is 37.1 Å². The SMILES string of the molecule is O=C(NC1CCN(c2ccccc2)CC1)c1ccc(Oc2ccccc2)nc1. The summed E-state index contributed by atoms with van der Waals surface area (Å²) in [5, 5.41) is 3.13. The summed E-state index contributed by atoms with van der Waals surface area (Å²) in [6.45, 7) is 1.88. The molecule has 3 aromatic rings. The zero-order chi connectivity index (χ0) is 19.2. The molecule has 0 spiro atoms. The third kappa shape index (κ3) is 4.49. The Balaban J connectivity index is 1.29. The number of amides is 1. The van der Waals surface area contributed by atoms with Gasteiger partial charge in [0.2, 0.25) is 5.88 Å². The molecule has 0 radical (unpaired) electrons. The maximum Gasteiger partial charge on any atom is 0.253 e. The molecular formula is C23H23N3O2. The van der Waals surface area contributed by atoms with Crippen LogP contribution in [0.15, 0.2) is 79.0 Å². The first-order chi connectivity index (χ1) is 13.8. The minimum Gasteiger partial charge on any atom is -0.439 e. The first kappa shape index (κ1) is 18.0. The Bertz CT molecular complexity index is 890. The van der Waals surface area contributed by atoms with Gasteiger partial charge in [-0.05, 0) is 43.2 Å². The molecule has 0 bridgehead atoms. The van der Waals surface area contributed by atoms with Crippen LogP contribution in [0.1, 0.15) is 23.2 Å². The Morgan fingerprint density at radius 3 is 2.25 bits per heavy atom. The molecule has 1 N–H and O–H groups in total. The predicted octanol–water partition coefficient (Wildman–Crippen LogP) is 4.27. The lowest BCUT2D eigenvalue weighted by atomic mass is 10.0. The highest BCUT2D eigenvalue weighted by atomic mass is 16.5. The first-order valence-electron chi connectivity index (χ1n) is 9.58. The van der Waals surface area contributed by atoms with Gasteiger partial charge in [0.15, 0.2) is 0 Å². The molecule has 5 heteroatoms. The Kier molecular flexibility index (Phi) is 5.52. The van der Waals surface area contributed by atoms with Crippen LogP contribution >= 0.6 is 0 Å². The molecule has 4 rings (SSSR count). The molecule has 0 unspecified atom stereocenters. The fraction of sp³-hybridized carbons (Fsp3) is 0.217. The summed E-state index contributed by atoms with van der Waals surface area (Å²) in [7, 11) is 0. The van der Waals surface area contributed by atoms with Crippen molar-refractivity contribution in [2.45, 2.75) is 18.9 Å². The molecule has 28 heavy (non-hydrogen) atoms. The van der Waals surface area contributed by atoms with E-state index < -0.39 is 0 Å². The topological polar surface area (TPSA) is 54.5 Å². The van der Waals surface area contributed by atoms with Crippen molar-refractivity contribution in [3.05, 3.63) is 84.6 Å². The Hall–Kier alpha value is -3.34. The van der Waals surface area contributed by atoms with Gasteiger partial charge in [0.1, 0.15) is 5.75 Å². The van der Waals surface area contributed by atoms with E-state index in [2.05, 4.69) is 39.5 Å². The second-order valence-electron chi connectivity index (χ2n) is 6.87. The molecule has 2 heterocycles. The van der Waals surface area contributed by atoms with Crippen LogP contribution in [0.2, 0.25) is 0 Å². The summed E-state index contributed by atoms with van der Waals surface area (Å²) >= 11 is 0. The lowest BCUT2D eigenvalue weighted by molar-refractivity contribution is 0.0930. The minimum atomic E-state index is -0.0862. The molecule has 0 saturated carbocycles. The summed E-state index contributed by atoms with van der Waals surface area (Å²) < 4.78 is 5.67. The Morgan fingerprint density at radius 2 is 1.61 bits per heavy atom. The summed E-state index contributed by atoms with van der Waals surface area (Å²) in [5.41, 5.74) is 1.79. The Labute approximate surface area is 165 Å². The third-order valence-electron chi connectivity index (χ3n) is 4.92. The van der Waals surface area contributed by atoms with Crippen molar-refractivity contribution in [2.75, 3.05) is 18.0 Å². The van der Waals surface area contributed by atoms with E-state index >= 15 is 0 Å². The number of ether oxygens (including phenoxy) is 1. The van der Waals surface area contributed by atoms with Crippen molar-refractivity contribution in [1.29, 1.82) is 0 Å². The van der Waals surface area contributed by atoms with Gasteiger partial charge in [-0.3, -0.25) is 4.79 Å². The van der Waals surface area contributed by atoms with E-state index in [4.69, 9.17) is 4.74 Å². The number of aromatic nitrogens is 1. The third-order valence-corrected chi connectivity index (χ3v) is 4.92. The average molecular weight is 373 g/mol. The van der Waals surface area contributed by atoms with Crippen molar-refractivity contribution in [3.8, 4) is 11.6 Å². The first-order valence-corrected chi connectivity index (χ1v) is 9.58. The zero-order valence-electron chi connectivity index (χ0n) is 15.6. The van der Waals surface area contributed by atoms with Crippen LogP contribution in [0.25, 0.3) is 0 Å². The van der Waals surface area contributed by atoms with Crippen LogP contribution in [0.3, 0.4) is 0 Å². The standard InChI is InChI=1S/C23H23N3O2/c27-23(18-11-12-22(24-17-18)28-21-9-5-2-6-10-21)25-19-13-15-26(16-14-19)20-7-3-1-4-8-20/h1-12,17,19H,13-16H2,(H,25,27). The van der Waals surface area contributed by atoms with E-state index in [0.717, 1.165) is 31.7 Å². The van der Waals surface area contributed by atoms with E-state index in [1.807, 2.05) is 36.4 Å². The van der Waals surface area contributed by atoms with Crippen molar-refractivity contribution in [3.63, 3.8) is 0 Å². The highest BCUT2D eigenvalue weighted by Crippen LogP contribution is 2.21. The average Bonchev–Trinajstić information content (AvgIpc) is 2.76. The summed E-state index contributed by atoms with van der Waals surface area (Å²) in [4.78, 5) is 19.1. The number of nitrogens with one attached hydrogen (secondary N) is 1. The van der Waals surface area contributed by atoms with Gasteiger partial charge in [-0.15, -0.1) is 0 Å². The number of anilines is 1. The van der Waals surface area contributed by atoms with E-state index in [0.29, 0.717) is 11.4 Å². The van der Waals surface area contributed by atoms with Gasteiger partial charge in [-0.2, -0.15) is 0 Å². The highest BCUT2D eigenvalue weighted by molar-refractivity contribution is 5.94. The monoisotopic (exact) mass is 373 g/mol. The highest BCUT2D eigenvalue weighted by Gasteiger charge is 2.21. The quantitative estimate of drug-likeness (QED) is 0.726. The van der Waals surface area contributed by atoms with Gasteiger partial charge in [0.05, 0.1) is 5.56 Å². The molecular weight excluding hydrogens is 350 g/mol. The van der Waals surface area contributed by atoms with E-state index in [1.54, 1.807) is 18.3 Å². The second kappa shape index (κ2) is 8.57. The molecule has 1 aliphatic rings. The molecule has 142 valence electrons. The Morgan fingerprint density at radius 1 is 0.929 bits per heavy atom. The van der Waals surface area contributed by atoms with Gasteiger partial charge in [-0.1, -0.05) is 36.4 Å². The normalized spacial score (nSPS) is 14.5. The zero-order valence-corrected chi connectivity index (χ0v) is 15.6. The fourth-order valence-electron chi connectivity index (χ4n) is 3.37. The van der Waals surface area contributed by atoms with Crippen LogP contribution in [-0.4, -0.2) is 30.0 Å². The molecule has 1 fully saturated rings. The molecule has 0 atom stereocenters. The van der Waals surface area contributed by atoms with Crippen molar-refractivity contribution in [2.24, 2.45) is 0 Å².